The molecule has 2 aromatic carbocycles. The number of hydrogen-bond donors (Lipinski definition) is 1. The third-order valence-corrected chi connectivity index (χ3v) is 3.71. The lowest BCUT2D eigenvalue weighted by Gasteiger charge is -2.18. The third kappa shape index (κ3) is 2.99. The van der Waals surface area contributed by atoms with Crippen LogP contribution in [0.2, 0.25) is 0 Å². The minimum Gasteiger partial charge on any atom is -0.496 e. The van der Waals surface area contributed by atoms with E-state index in [1.807, 2.05) is 50.2 Å². The van der Waals surface area contributed by atoms with Crippen LogP contribution in [0.4, 0.5) is 0 Å². The molecule has 0 fully saturated rings. The van der Waals surface area contributed by atoms with Crippen molar-refractivity contribution in [2.24, 2.45) is 0 Å². The Morgan fingerprint density at radius 2 is 1.79 bits per heavy atom. The normalized spacial score (nSPS) is 12.3. The first-order chi connectivity index (χ1) is 9.02. The zero-order chi connectivity index (χ0) is 14.0. The molecule has 0 spiro atoms. The Balaban J connectivity index is 2.49. The summed E-state index contributed by atoms with van der Waals surface area (Å²) in [4.78, 5) is 0. The molecule has 2 rings (SSSR count). The monoisotopic (exact) mass is 320 g/mol. The number of methoxy groups -OCH3 is 1. The number of benzene rings is 2. The molecule has 1 unspecified atom stereocenters. The Bertz CT molecular complexity index is 593. The molecule has 2 nitrogen and oxygen atoms in total. The van der Waals surface area contributed by atoms with Crippen molar-refractivity contribution in [3.05, 3.63) is 63.1 Å². The van der Waals surface area contributed by atoms with Gasteiger partial charge in [0.2, 0.25) is 0 Å². The van der Waals surface area contributed by atoms with Gasteiger partial charge in [-0.3, -0.25) is 0 Å². The van der Waals surface area contributed by atoms with E-state index >= 15 is 0 Å². The van der Waals surface area contributed by atoms with Crippen molar-refractivity contribution in [3.63, 3.8) is 0 Å². The zero-order valence-electron chi connectivity index (χ0n) is 11.3. The molecule has 0 radical (unpaired) electrons. The van der Waals surface area contributed by atoms with Gasteiger partial charge in [-0.1, -0.05) is 45.8 Å². The molecular weight excluding hydrogens is 304 g/mol. The van der Waals surface area contributed by atoms with Gasteiger partial charge in [-0.2, -0.15) is 0 Å². The van der Waals surface area contributed by atoms with E-state index in [9.17, 15) is 5.11 Å². The summed E-state index contributed by atoms with van der Waals surface area (Å²) in [5.41, 5.74) is 3.90. The van der Waals surface area contributed by atoms with Crippen molar-refractivity contribution in [1.82, 2.24) is 0 Å². The summed E-state index contributed by atoms with van der Waals surface area (Å²) in [5, 5.41) is 10.6. The first kappa shape index (κ1) is 14.1. The lowest BCUT2D eigenvalue weighted by atomic mass is 9.95. The van der Waals surface area contributed by atoms with Crippen molar-refractivity contribution >= 4 is 15.9 Å². The number of halogens is 1. The van der Waals surface area contributed by atoms with Gasteiger partial charge in [0.25, 0.3) is 0 Å². The standard InChI is InChI=1S/C16H17BrO2/c1-10-4-5-11(2)14(8-10)16(18)13-7-6-12(17)9-15(13)19-3/h4-9,16,18H,1-3H3. The van der Waals surface area contributed by atoms with E-state index in [0.29, 0.717) is 5.75 Å². The SMILES string of the molecule is COc1cc(Br)ccc1C(O)c1cc(C)ccc1C. The summed E-state index contributed by atoms with van der Waals surface area (Å²) < 4.78 is 6.28. The zero-order valence-corrected chi connectivity index (χ0v) is 12.9. The second-order valence-corrected chi connectivity index (χ2v) is 5.56. The maximum absolute atomic E-state index is 10.6. The highest BCUT2D eigenvalue weighted by atomic mass is 79.9. The largest absolute Gasteiger partial charge is 0.496 e. The van der Waals surface area contributed by atoms with Gasteiger partial charge in [-0.05, 0) is 37.1 Å². The second kappa shape index (κ2) is 5.76. The van der Waals surface area contributed by atoms with E-state index in [4.69, 9.17) is 4.74 Å². The average Bonchev–Trinajstić information content (AvgIpc) is 2.40. The van der Waals surface area contributed by atoms with Crippen LogP contribution in [0.5, 0.6) is 5.75 Å². The smallest absolute Gasteiger partial charge is 0.126 e. The molecule has 0 amide bonds. The Kier molecular flexibility index (Phi) is 4.27. The van der Waals surface area contributed by atoms with Crippen LogP contribution in [0.25, 0.3) is 0 Å². The van der Waals surface area contributed by atoms with Crippen LogP contribution in [-0.2, 0) is 0 Å². The first-order valence-electron chi connectivity index (χ1n) is 6.11. The van der Waals surface area contributed by atoms with Gasteiger partial charge >= 0.3 is 0 Å². The minimum atomic E-state index is -0.678. The molecule has 0 aliphatic heterocycles. The number of ether oxygens (including phenoxy) is 1. The summed E-state index contributed by atoms with van der Waals surface area (Å²) >= 11 is 3.41. The predicted molar refractivity (Wildman–Crippen MR) is 80.7 cm³/mol. The number of aliphatic hydroxyl groups is 1. The molecule has 100 valence electrons. The molecular formula is C16H17BrO2. The Morgan fingerprint density at radius 1 is 1.05 bits per heavy atom. The quantitative estimate of drug-likeness (QED) is 0.920. The summed E-state index contributed by atoms with van der Waals surface area (Å²) in [6.45, 7) is 4.03. The molecule has 1 atom stereocenters. The topological polar surface area (TPSA) is 29.5 Å². The molecule has 0 bridgehead atoms. The highest BCUT2D eigenvalue weighted by Crippen LogP contribution is 2.33. The summed E-state index contributed by atoms with van der Waals surface area (Å²) in [6.07, 6.45) is -0.678. The van der Waals surface area contributed by atoms with Crippen molar-refractivity contribution in [3.8, 4) is 5.75 Å². The second-order valence-electron chi connectivity index (χ2n) is 4.65. The minimum absolute atomic E-state index is 0.678. The van der Waals surface area contributed by atoms with Crippen LogP contribution in [-0.4, -0.2) is 12.2 Å². The molecule has 0 aliphatic rings. The fourth-order valence-corrected chi connectivity index (χ4v) is 2.47. The van der Waals surface area contributed by atoms with E-state index < -0.39 is 6.10 Å². The Hall–Kier alpha value is -1.32. The van der Waals surface area contributed by atoms with E-state index in [2.05, 4.69) is 15.9 Å². The van der Waals surface area contributed by atoms with Gasteiger partial charge in [0.05, 0.1) is 7.11 Å². The van der Waals surface area contributed by atoms with Gasteiger partial charge in [0, 0.05) is 10.0 Å². The van der Waals surface area contributed by atoms with Crippen LogP contribution in [0.15, 0.2) is 40.9 Å². The molecule has 19 heavy (non-hydrogen) atoms. The lowest BCUT2D eigenvalue weighted by Crippen LogP contribution is -2.04. The average molecular weight is 321 g/mol. The van der Waals surface area contributed by atoms with Crippen LogP contribution < -0.4 is 4.74 Å². The van der Waals surface area contributed by atoms with Crippen LogP contribution in [0, 0.1) is 13.8 Å². The van der Waals surface area contributed by atoms with E-state index in [1.54, 1.807) is 7.11 Å². The molecule has 0 saturated carbocycles. The van der Waals surface area contributed by atoms with Crippen molar-refractivity contribution in [2.75, 3.05) is 7.11 Å². The molecule has 2 aromatic rings. The lowest BCUT2D eigenvalue weighted by molar-refractivity contribution is 0.214. The van der Waals surface area contributed by atoms with Gasteiger partial charge in [-0.15, -0.1) is 0 Å². The van der Waals surface area contributed by atoms with E-state index in [0.717, 1.165) is 26.7 Å². The maximum Gasteiger partial charge on any atom is 0.126 e. The summed E-state index contributed by atoms with van der Waals surface area (Å²) in [6, 6.07) is 11.7. The summed E-state index contributed by atoms with van der Waals surface area (Å²) in [7, 11) is 1.61. The molecule has 0 heterocycles. The van der Waals surface area contributed by atoms with Gasteiger partial charge in [0.15, 0.2) is 0 Å². The van der Waals surface area contributed by atoms with E-state index in [1.165, 1.54) is 0 Å². The van der Waals surface area contributed by atoms with Crippen LogP contribution >= 0.6 is 15.9 Å². The molecule has 1 N–H and O–H groups in total. The highest BCUT2D eigenvalue weighted by Gasteiger charge is 2.17. The maximum atomic E-state index is 10.6. The number of aliphatic hydroxyl groups excluding tert-OH is 1. The van der Waals surface area contributed by atoms with Crippen molar-refractivity contribution < 1.29 is 9.84 Å². The molecule has 3 heteroatoms. The van der Waals surface area contributed by atoms with Crippen LogP contribution in [0.3, 0.4) is 0 Å². The third-order valence-electron chi connectivity index (χ3n) is 3.22. The number of aryl methyl sites for hydroxylation is 2. The predicted octanol–water partition coefficient (Wildman–Crippen LogP) is 4.16. The van der Waals surface area contributed by atoms with Gasteiger partial charge < -0.3 is 9.84 Å². The van der Waals surface area contributed by atoms with E-state index in [-0.39, 0.29) is 0 Å². The van der Waals surface area contributed by atoms with Gasteiger partial charge in [0.1, 0.15) is 11.9 Å². The highest BCUT2D eigenvalue weighted by molar-refractivity contribution is 9.10. The van der Waals surface area contributed by atoms with Crippen molar-refractivity contribution in [1.29, 1.82) is 0 Å². The number of hydrogen-bond acceptors (Lipinski definition) is 2. The molecule has 0 saturated heterocycles. The number of rotatable bonds is 3. The first-order valence-corrected chi connectivity index (χ1v) is 6.91. The fourth-order valence-electron chi connectivity index (χ4n) is 2.13. The molecule has 0 aromatic heterocycles. The molecule has 0 aliphatic carbocycles. The Morgan fingerprint density at radius 3 is 2.47 bits per heavy atom. The fraction of sp³-hybridized carbons (Fsp3) is 0.250. The van der Waals surface area contributed by atoms with Crippen LogP contribution in [0.1, 0.15) is 28.4 Å². The van der Waals surface area contributed by atoms with Gasteiger partial charge in [-0.25, -0.2) is 0 Å². The summed E-state index contributed by atoms with van der Waals surface area (Å²) in [5.74, 6) is 0.683. The Labute approximate surface area is 122 Å². The van der Waals surface area contributed by atoms with Crippen molar-refractivity contribution in [2.45, 2.75) is 20.0 Å².